The minimum atomic E-state index is -0.352. The standard InChI is InChI=1S/C13H16O2/c1-3-13(14)15-10-9-11(2)12-7-5-4-6-8-12/h3-8,11H,1,9-10H2,2H3. The average Bonchev–Trinajstić information content (AvgIpc) is 2.29. The number of hydrogen-bond donors (Lipinski definition) is 0. The lowest BCUT2D eigenvalue weighted by molar-refractivity contribution is -0.137. The number of rotatable bonds is 5. The van der Waals surface area contributed by atoms with Gasteiger partial charge in [0.25, 0.3) is 0 Å². The van der Waals surface area contributed by atoms with Crippen LogP contribution in [0.1, 0.15) is 24.8 Å². The van der Waals surface area contributed by atoms with Gasteiger partial charge in [-0.2, -0.15) is 0 Å². The molecule has 2 heteroatoms. The third-order valence-electron chi connectivity index (χ3n) is 2.33. The fourth-order valence-corrected chi connectivity index (χ4v) is 1.34. The molecule has 0 bridgehead atoms. The number of esters is 1. The molecular formula is C13H16O2. The molecule has 0 radical (unpaired) electrons. The van der Waals surface area contributed by atoms with Gasteiger partial charge in [0, 0.05) is 6.08 Å². The van der Waals surface area contributed by atoms with Crippen molar-refractivity contribution in [1.29, 1.82) is 0 Å². The van der Waals surface area contributed by atoms with E-state index in [2.05, 4.69) is 25.6 Å². The zero-order valence-corrected chi connectivity index (χ0v) is 8.98. The smallest absolute Gasteiger partial charge is 0.330 e. The van der Waals surface area contributed by atoms with Gasteiger partial charge in [0.1, 0.15) is 0 Å². The van der Waals surface area contributed by atoms with Crippen LogP contribution in [0.4, 0.5) is 0 Å². The molecule has 1 rings (SSSR count). The van der Waals surface area contributed by atoms with Gasteiger partial charge in [-0.15, -0.1) is 0 Å². The van der Waals surface area contributed by atoms with Crippen LogP contribution in [-0.2, 0) is 9.53 Å². The monoisotopic (exact) mass is 204 g/mol. The summed E-state index contributed by atoms with van der Waals surface area (Å²) in [6.07, 6.45) is 2.02. The highest BCUT2D eigenvalue weighted by Crippen LogP contribution is 2.17. The summed E-state index contributed by atoms with van der Waals surface area (Å²) < 4.78 is 4.93. The second kappa shape index (κ2) is 6.02. The van der Waals surface area contributed by atoms with Crippen LogP contribution in [0.15, 0.2) is 43.0 Å². The van der Waals surface area contributed by atoms with Crippen molar-refractivity contribution in [2.75, 3.05) is 6.61 Å². The average molecular weight is 204 g/mol. The van der Waals surface area contributed by atoms with E-state index >= 15 is 0 Å². The van der Waals surface area contributed by atoms with Crippen LogP contribution in [0.3, 0.4) is 0 Å². The van der Waals surface area contributed by atoms with Gasteiger partial charge in [-0.05, 0) is 17.9 Å². The SMILES string of the molecule is C=CC(=O)OCCC(C)c1ccccc1. The maximum absolute atomic E-state index is 10.8. The third-order valence-corrected chi connectivity index (χ3v) is 2.33. The maximum Gasteiger partial charge on any atom is 0.330 e. The Morgan fingerprint density at radius 2 is 2.13 bits per heavy atom. The highest BCUT2D eigenvalue weighted by Gasteiger charge is 2.05. The summed E-state index contributed by atoms with van der Waals surface area (Å²) in [7, 11) is 0. The maximum atomic E-state index is 10.8. The molecule has 1 aromatic rings. The number of carbonyl (C=O) groups is 1. The first kappa shape index (κ1) is 11.5. The van der Waals surface area contributed by atoms with Crippen molar-refractivity contribution in [1.82, 2.24) is 0 Å². The van der Waals surface area contributed by atoms with Crippen molar-refractivity contribution >= 4 is 5.97 Å². The molecule has 0 fully saturated rings. The van der Waals surface area contributed by atoms with Crippen molar-refractivity contribution in [3.63, 3.8) is 0 Å². The number of benzene rings is 1. The van der Waals surface area contributed by atoms with Gasteiger partial charge in [-0.25, -0.2) is 4.79 Å². The third kappa shape index (κ3) is 3.98. The van der Waals surface area contributed by atoms with E-state index in [0.29, 0.717) is 12.5 Å². The topological polar surface area (TPSA) is 26.3 Å². The summed E-state index contributed by atoms with van der Waals surface area (Å²) in [6, 6.07) is 10.2. The minimum Gasteiger partial charge on any atom is -0.463 e. The molecule has 0 N–H and O–H groups in total. The quantitative estimate of drug-likeness (QED) is 0.544. The Labute approximate surface area is 90.6 Å². The molecule has 0 amide bonds. The van der Waals surface area contributed by atoms with Crippen LogP contribution in [0.25, 0.3) is 0 Å². The second-order valence-electron chi connectivity index (χ2n) is 3.47. The predicted octanol–water partition coefficient (Wildman–Crippen LogP) is 2.91. The van der Waals surface area contributed by atoms with Crippen LogP contribution in [0.2, 0.25) is 0 Å². The zero-order valence-electron chi connectivity index (χ0n) is 8.98. The fraction of sp³-hybridized carbons (Fsp3) is 0.308. The number of carbonyl (C=O) groups excluding carboxylic acids is 1. The summed E-state index contributed by atoms with van der Waals surface area (Å²) >= 11 is 0. The summed E-state index contributed by atoms with van der Waals surface area (Å²) in [6.45, 7) is 5.91. The highest BCUT2D eigenvalue weighted by molar-refractivity contribution is 5.81. The molecule has 0 spiro atoms. The van der Waals surface area contributed by atoms with E-state index in [1.54, 1.807) is 0 Å². The van der Waals surface area contributed by atoms with Crippen LogP contribution in [0, 0.1) is 0 Å². The molecule has 80 valence electrons. The van der Waals surface area contributed by atoms with Crippen molar-refractivity contribution in [3.8, 4) is 0 Å². The minimum absolute atomic E-state index is 0.352. The highest BCUT2D eigenvalue weighted by atomic mass is 16.5. The Morgan fingerprint density at radius 3 is 2.73 bits per heavy atom. The molecule has 0 heterocycles. The summed E-state index contributed by atoms with van der Waals surface area (Å²) in [5.41, 5.74) is 1.27. The van der Waals surface area contributed by atoms with Crippen LogP contribution in [-0.4, -0.2) is 12.6 Å². The molecule has 1 aromatic carbocycles. The first-order valence-electron chi connectivity index (χ1n) is 5.08. The Balaban J connectivity index is 2.34. The van der Waals surface area contributed by atoms with E-state index in [4.69, 9.17) is 4.74 Å². The van der Waals surface area contributed by atoms with Gasteiger partial charge in [0.2, 0.25) is 0 Å². The van der Waals surface area contributed by atoms with Crippen molar-refractivity contribution < 1.29 is 9.53 Å². The van der Waals surface area contributed by atoms with E-state index in [9.17, 15) is 4.79 Å². The van der Waals surface area contributed by atoms with Gasteiger partial charge in [0.15, 0.2) is 0 Å². The van der Waals surface area contributed by atoms with E-state index in [1.165, 1.54) is 11.6 Å². The van der Waals surface area contributed by atoms with Crippen LogP contribution < -0.4 is 0 Å². The van der Waals surface area contributed by atoms with Gasteiger partial charge in [-0.3, -0.25) is 0 Å². The summed E-state index contributed by atoms with van der Waals surface area (Å²) in [5, 5.41) is 0. The lowest BCUT2D eigenvalue weighted by Crippen LogP contribution is -2.05. The molecule has 1 atom stereocenters. The first-order valence-corrected chi connectivity index (χ1v) is 5.08. The Kier molecular flexibility index (Phi) is 4.61. The zero-order chi connectivity index (χ0) is 11.1. The Bertz CT molecular complexity index is 317. The summed E-state index contributed by atoms with van der Waals surface area (Å²) in [5.74, 6) is 0.0547. The molecule has 2 nitrogen and oxygen atoms in total. The van der Waals surface area contributed by atoms with E-state index in [0.717, 1.165) is 6.42 Å². The number of hydrogen-bond acceptors (Lipinski definition) is 2. The largest absolute Gasteiger partial charge is 0.463 e. The Morgan fingerprint density at radius 1 is 1.47 bits per heavy atom. The predicted molar refractivity (Wildman–Crippen MR) is 60.6 cm³/mol. The summed E-state index contributed by atoms with van der Waals surface area (Å²) in [4.78, 5) is 10.8. The molecule has 0 aromatic heterocycles. The van der Waals surface area contributed by atoms with Gasteiger partial charge >= 0.3 is 5.97 Å². The van der Waals surface area contributed by atoms with Crippen LogP contribution >= 0.6 is 0 Å². The van der Waals surface area contributed by atoms with Crippen molar-refractivity contribution in [2.45, 2.75) is 19.3 Å². The number of ether oxygens (including phenoxy) is 1. The molecule has 1 unspecified atom stereocenters. The van der Waals surface area contributed by atoms with Gasteiger partial charge in [0.05, 0.1) is 6.61 Å². The van der Waals surface area contributed by atoms with Gasteiger partial charge in [-0.1, -0.05) is 43.8 Å². The van der Waals surface area contributed by atoms with Crippen molar-refractivity contribution in [2.24, 2.45) is 0 Å². The van der Waals surface area contributed by atoms with Gasteiger partial charge < -0.3 is 4.74 Å². The van der Waals surface area contributed by atoms with E-state index < -0.39 is 0 Å². The van der Waals surface area contributed by atoms with Crippen molar-refractivity contribution in [3.05, 3.63) is 48.6 Å². The first-order chi connectivity index (χ1) is 7.24. The molecular weight excluding hydrogens is 188 g/mol. The molecule has 0 saturated carbocycles. The lowest BCUT2D eigenvalue weighted by Gasteiger charge is -2.11. The normalized spacial score (nSPS) is 11.8. The van der Waals surface area contributed by atoms with E-state index in [-0.39, 0.29) is 5.97 Å². The molecule has 0 aliphatic rings. The molecule has 0 aliphatic heterocycles. The molecule has 0 aliphatic carbocycles. The molecule has 15 heavy (non-hydrogen) atoms. The van der Waals surface area contributed by atoms with E-state index in [1.807, 2.05) is 18.2 Å². The lowest BCUT2D eigenvalue weighted by atomic mass is 9.98. The van der Waals surface area contributed by atoms with Crippen LogP contribution in [0.5, 0.6) is 0 Å². The second-order valence-corrected chi connectivity index (χ2v) is 3.47. The fourth-order valence-electron chi connectivity index (χ4n) is 1.34. The molecule has 0 saturated heterocycles. The Hall–Kier alpha value is -1.57.